The smallest absolute Gasteiger partial charge is 0.159 e. The molecule has 0 fully saturated rings. The number of hydrogen-bond acceptors (Lipinski definition) is 2. The maximum atomic E-state index is 11.2. The Labute approximate surface area is 121 Å². The van der Waals surface area contributed by atoms with Crippen LogP contribution < -0.4 is 0 Å². The van der Waals surface area contributed by atoms with Gasteiger partial charge in [0.25, 0.3) is 0 Å². The van der Waals surface area contributed by atoms with Gasteiger partial charge in [-0.3, -0.25) is 4.79 Å². The minimum atomic E-state index is -0.535. The normalized spacial score (nSPS) is 11.8. The fourth-order valence-electron chi connectivity index (χ4n) is 2.21. The molecule has 0 spiro atoms. The maximum Gasteiger partial charge on any atom is 0.159 e. The predicted octanol–water partition coefficient (Wildman–Crippen LogP) is 4.39. The molecule has 0 radical (unpaired) electrons. The molecule has 2 heteroatoms. The summed E-state index contributed by atoms with van der Waals surface area (Å²) < 4.78 is 0. The second-order valence-electron chi connectivity index (χ2n) is 5.09. The summed E-state index contributed by atoms with van der Waals surface area (Å²) in [7, 11) is 0. The molecule has 1 aromatic carbocycles. The van der Waals surface area contributed by atoms with Crippen molar-refractivity contribution in [1.82, 2.24) is 0 Å². The molecule has 20 heavy (non-hydrogen) atoms. The number of unbranched alkanes of at least 4 members (excludes halogenated alkanes) is 3. The first-order valence-electron chi connectivity index (χ1n) is 7.29. The standard InChI is InChI=1S/C18H24O2/c1-4-6-7-8-9-18(20)17(5-2)16-12-10-15(11-13-16)14(3)19/h10-13,18,20H,2,4,6-9H2,1,3H3. The lowest BCUT2D eigenvalue weighted by atomic mass is 9.96. The van der Waals surface area contributed by atoms with E-state index in [9.17, 15) is 9.90 Å². The van der Waals surface area contributed by atoms with Gasteiger partial charge in [0.2, 0.25) is 0 Å². The summed E-state index contributed by atoms with van der Waals surface area (Å²) in [6, 6.07) is 7.25. The van der Waals surface area contributed by atoms with Crippen LogP contribution in [0, 0.1) is 0 Å². The average Bonchev–Trinajstić information content (AvgIpc) is 2.45. The number of Topliss-reactive ketones (excluding diaryl/α,β-unsaturated/α-hetero) is 1. The number of aliphatic hydroxyl groups is 1. The highest BCUT2D eigenvalue weighted by Gasteiger charge is 2.12. The number of aliphatic hydroxyl groups excluding tert-OH is 1. The third kappa shape index (κ3) is 4.80. The average molecular weight is 272 g/mol. The van der Waals surface area contributed by atoms with Gasteiger partial charge in [0.1, 0.15) is 0 Å². The lowest BCUT2D eigenvalue weighted by Crippen LogP contribution is -2.09. The van der Waals surface area contributed by atoms with Gasteiger partial charge < -0.3 is 5.11 Å². The molecular weight excluding hydrogens is 248 g/mol. The fraction of sp³-hybridized carbons (Fsp3) is 0.444. The summed E-state index contributed by atoms with van der Waals surface area (Å²) in [5, 5.41) is 10.2. The van der Waals surface area contributed by atoms with Crippen molar-refractivity contribution in [2.45, 2.75) is 52.1 Å². The number of ketones is 1. The Balaban J connectivity index is 2.70. The van der Waals surface area contributed by atoms with Crippen molar-refractivity contribution in [2.75, 3.05) is 0 Å². The van der Waals surface area contributed by atoms with Crippen molar-refractivity contribution in [1.29, 1.82) is 0 Å². The van der Waals surface area contributed by atoms with Crippen LogP contribution in [0.1, 0.15) is 61.9 Å². The van der Waals surface area contributed by atoms with E-state index in [1.54, 1.807) is 19.1 Å². The van der Waals surface area contributed by atoms with E-state index in [1.165, 1.54) is 12.8 Å². The zero-order valence-corrected chi connectivity index (χ0v) is 12.5. The Morgan fingerprint density at radius 2 is 1.80 bits per heavy atom. The van der Waals surface area contributed by atoms with Crippen molar-refractivity contribution in [3.8, 4) is 0 Å². The summed E-state index contributed by atoms with van der Waals surface area (Å²) >= 11 is 0. The van der Waals surface area contributed by atoms with Gasteiger partial charge in [0.05, 0.1) is 6.10 Å². The van der Waals surface area contributed by atoms with Gasteiger partial charge >= 0.3 is 0 Å². The van der Waals surface area contributed by atoms with Crippen LogP contribution in [0.5, 0.6) is 0 Å². The molecular formula is C18H24O2. The second kappa shape index (κ2) is 8.52. The van der Waals surface area contributed by atoms with Crippen LogP contribution in [0.15, 0.2) is 36.6 Å². The Hall–Kier alpha value is -1.63. The maximum absolute atomic E-state index is 11.2. The van der Waals surface area contributed by atoms with E-state index in [2.05, 4.69) is 19.2 Å². The van der Waals surface area contributed by atoms with Crippen LogP contribution in [-0.4, -0.2) is 17.0 Å². The Morgan fingerprint density at radius 3 is 2.30 bits per heavy atom. The molecule has 1 unspecified atom stereocenters. The first kappa shape index (κ1) is 16.4. The van der Waals surface area contributed by atoms with E-state index in [0.717, 1.165) is 30.4 Å². The van der Waals surface area contributed by atoms with Crippen molar-refractivity contribution in [3.05, 3.63) is 47.7 Å². The Morgan fingerprint density at radius 1 is 1.20 bits per heavy atom. The van der Waals surface area contributed by atoms with Gasteiger partial charge in [-0.25, -0.2) is 0 Å². The molecule has 0 bridgehead atoms. The van der Waals surface area contributed by atoms with E-state index in [0.29, 0.717) is 5.56 Å². The number of hydrogen-bond donors (Lipinski definition) is 1. The number of carbonyl (C=O) groups excluding carboxylic acids is 1. The first-order valence-corrected chi connectivity index (χ1v) is 7.29. The molecule has 108 valence electrons. The molecule has 2 nitrogen and oxygen atoms in total. The molecule has 0 aliphatic rings. The molecule has 1 rings (SSSR count). The summed E-state index contributed by atoms with van der Waals surface area (Å²) in [5.74, 6) is 0.0424. The Kier molecular flexibility index (Phi) is 7.00. The molecule has 1 N–H and O–H groups in total. The predicted molar refractivity (Wildman–Crippen MR) is 83.8 cm³/mol. The van der Waals surface area contributed by atoms with Crippen LogP contribution in [0.3, 0.4) is 0 Å². The first-order chi connectivity index (χ1) is 9.60. The van der Waals surface area contributed by atoms with Crippen molar-refractivity contribution >= 4 is 11.4 Å². The molecule has 0 aliphatic carbocycles. The number of carbonyl (C=O) groups is 1. The zero-order chi connectivity index (χ0) is 15.0. The number of benzene rings is 1. The van der Waals surface area contributed by atoms with Crippen LogP contribution in [-0.2, 0) is 0 Å². The van der Waals surface area contributed by atoms with Crippen LogP contribution in [0.25, 0.3) is 5.57 Å². The van der Waals surface area contributed by atoms with Gasteiger partial charge in [-0.15, -0.1) is 5.73 Å². The number of rotatable bonds is 8. The molecule has 0 heterocycles. The fourth-order valence-corrected chi connectivity index (χ4v) is 2.21. The summed E-state index contributed by atoms with van der Waals surface area (Å²) in [6.45, 7) is 7.38. The minimum absolute atomic E-state index is 0.0424. The highest BCUT2D eigenvalue weighted by atomic mass is 16.3. The topological polar surface area (TPSA) is 37.3 Å². The zero-order valence-electron chi connectivity index (χ0n) is 12.5. The monoisotopic (exact) mass is 272 g/mol. The summed E-state index contributed by atoms with van der Waals surface area (Å²) in [6.07, 6.45) is 4.73. The molecule has 0 aliphatic heterocycles. The Bertz CT molecular complexity index is 479. The van der Waals surface area contributed by atoms with Crippen molar-refractivity contribution in [3.63, 3.8) is 0 Å². The quantitative estimate of drug-likeness (QED) is 0.433. The summed E-state index contributed by atoms with van der Waals surface area (Å²) in [4.78, 5) is 11.2. The van der Waals surface area contributed by atoms with Crippen LogP contribution in [0.4, 0.5) is 0 Å². The van der Waals surface area contributed by atoms with Crippen LogP contribution in [0.2, 0.25) is 0 Å². The lowest BCUT2D eigenvalue weighted by Gasteiger charge is -2.13. The molecule has 1 atom stereocenters. The van der Waals surface area contributed by atoms with Gasteiger partial charge in [-0.05, 0) is 18.9 Å². The third-order valence-electron chi connectivity index (χ3n) is 3.46. The van der Waals surface area contributed by atoms with Gasteiger partial charge in [-0.1, -0.05) is 63.5 Å². The molecule has 0 amide bonds. The molecule has 0 saturated heterocycles. The van der Waals surface area contributed by atoms with E-state index in [-0.39, 0.29) is 5.78 Å². The molecule has 1 aromatic rings. The second-order valence-corrected chi connectivity index (χ2v) is 5.09. The van der Waals surface area contributed by atoms with Gasteiger partial charge in [0, 0.05) is 11.1 Å². The van der Waals surface area contributed by atoms with Crippen molar-refractivity contribution < 1.29 is 9.90 Å². The third-order valence-corrected chi connectivity index (χ3v) is 3.46. The van der Waals surface area contributed by atoms with E-state index >= 15 is 0 Å². The van der Waals surface area contributed by atoms with Gasteiger partial charge in [0.15, 0.2) is 5.78 Å². The highest BCUT2D eigenvalue weighted by Crippen LogP contribution is 2.22. The lowest BCUT2D eigenvalue weighted by molar-refractivity contribution is 0.101. The van der Waals surface area contributed by atoms with E-state index in [4.69, 9.17) is 0 Å². The SMILES string of the molecule is C=C=C(c1ccc(C(C)=O)cc1)C(O)CCCCCC. The van der Waals surface area contributed by atoms with E-state index in [1.807, 2.05) is 12.1 Å². The van der Waals surface area contributed by atoms with Crippen molar-refractivity contribution in [2.24, 2.45) is 0 Å². The largest absolute Gasteiger partial charge is 0.388 e. The molecule has 0 saturated carbocycles. The molecule has 0 aromatic heterocycles. The highest BCUT2D eigenvalue weighted by molar-refractivity contribution is 5.94. The van der Waals surface area contributed by atoms with E-state index < -0.39 is 6.10 Å². The summed E-state index contributed by atoms with van der Waals surface area (Å²) in [5.41, 5.74) is 5.12. The van der Waals surface area contributed by atoms with Crippen LogP contribution >= 0.6 is 0 Å². The van der Waals surface area contributed by atoms with Gasteiger partial charge in [-0.2, -0.15) is 0 Å². The minimum Gasteiger partial charge on any atom is -0.388 e.